The maximum atomic E-state index is 12.6. The third-order valence-electron chi connectivity index (χ3n) is 5.76. The van der Waals surface area contributed by atoms with E-state index < -0.39 is 10.0 Å². The van der Waals surface area contributed by atoms with Gasteiger partial charge in [0, 0.05) is 12.1 Å². The lowest BCUT2D eigenvalue weighted by Crippen LogP contribution is -2.31. The van der Waals surface area contributed by atoms with Crippen LogP contribution in [0.5, 0.6) is 0 Å². The number of nitrogens with zero attached hydrogens (tertiary/aromatic N) is 1. The van der Waals surface area contributed by atoms with Crippen molar-refractivity contribution < 1.29 is 13.2 Å². The fraction of sp³-hybridized carbons (Fsp3) is 0.296. The van der Waals surface area contributed by atoms with Crippen molar-refractivity contribution >= 4 is 21.6 Å². The van der Waals surface area contributed by atoms with Gasteiger partial charge in [0.15, 0.2) is 0 Å². The molecule has 0 saturated carbocycles. The Bertz CT molecular complexity index is 1200. The largest absolute Gasteiger partial charge is 0.351 e. The van der Waals surface area contributed by atoms with Gasteiger partial charge in [0.1, 0.15) is 0 Å². The van der Waals surface area contributed by atoms with E-state index in [1.54, 1.807) is 12.1 Å². The van der Waals surface area contributed by atoms with Crippen LogP contribution in [0.15, 0.2) is 66.7 Å². The zero-order chi connectivity index (χ0) is 24.2. The van der Waals surface area contributed by atoms with Crippen LogP contribution in [0.3, 0.4) is 0 Å². The summed E-state index contributed by atoms with van der Waals surface area (Å²) in [7, 11) is -3.49. The molecule has 174 valence electrons. The normalized spacial score (nSPS) is 12.3. The standard InChI is InChI=1S/C27H32N2O3S/c1-19-15-20(2)26(21(3)16-19)29(33(5,31)32)18-23-11-13-25(14-12-23)27(30)28-17-22(4)24-9-7-6-8-10-24/h6-16,22H,17-18H2,1-5H3,(H,28,30). The maximum absolute atomic E-state index is 12.6. The molecule has 1 atom stereocenters. The van der Waals surface area contributed by atoms with E-state index in [4.69, 9.17) is 0 Å². The van der Waals surface area contributed by atoms with Crippen molar-refractivity contribution in [1.82, 2.24) is 5.32 Å². The summed E-state index contributed by atoms with van der Waals surface area (Å²) in [6.45, 7) is 8.68. The van der Waals surface area contributed by atoms with Crippen molar-refractivity contribution in [2.75, 3.05) is 17.1 Å². The monoisotopic (exact) mass is 464 g/mol. The number of anilines is 1. The van der Waals surface area contributed by atoms with Crippen molar-refractivity contribution in [3.05, 3.63) is 100 Å². The van der Waals surface area contributed by atoms with Crippen LogP contribution >= 0.6 is 0 Å². The van der Waals surface area contributed by atoms with Crippen LogP contribution in [0.4, 0.5) is 5.69 Å². The Kier molecular flexibility index (Phi) is 7.59. The number of hydrogen-bond donors (Lipinski definition) is 1. The number of benzene rings is 3. The second-order valence-corrected chi connectivity index (χ2v) is 10.6. The van der Waals surface area contributed by atoms with Crippen molar-refractivity contribution in [3.8, 4) is 0 Å². The van der Waals surface area contributed by atoms with Gasteiger partial charge in [-0.15, -0.1) is 0 Å². The summed E-state index contributed by atoms with van der Waals surface area (Å²) in [6.07, 6.45) is 1.22. The molecular formula is C27H32N2O3S. The van der Waals surface area contributed by atoms with E-state index >= 15 is 0 Å². The van der Waals surface area contributed by atoms with E-state index in [0.29, 0.717) is 17.8 Å². The number of hydrogen-bond acceptors (Lipinski definition) is 3. The lowest BCUT2D eigenvalue weighted by atomic mass is 10.0. The molecule has 0 aliphatic carbocycles. The van der Waals surface area contributed by atoms with Crippen LogP contribution < -0.4 is 9.62 Å². The number of rotatable bonds is 8. The second-order valence-electron chi connectivity index (χ2n) is 8.74. The first kappa shape index (κ1) is 24.5. The minimum atomic E-state index is -3.49. The highest BCUT2D eigenvalue weighted by Gasteiger charge is 2.22. The van der Waals surface area contributed by atoms with E-state index in [2.05, 4.69) is 24.4 Å². The Balaban J connectivity index is 1.72. The molecule has 0 aliphatic heterocycles. The zero-order valence-electron chi connectivity index (χ0n) is 19.9. The van der Waals surface area contributed by atoms with Gasteiger partial charge in [-0.25, -0.2) is 8.42 Å². The quantitative estimate of drug-likeness (QED) is 0.504. The number of nitrogens with one attached hydrogen (secondary N) is 1. The summed E-state index contributed by atoms with van der Waals surface area (Å²) in [5, 5.41) is 2.98. The Morgan fingerprint density at radius 3 is 2.06 bits per heavy atom. The molecule has 3 aromatic rings. The smallest absolute Gasteiger partial charge is 0.251 e. The molecule has 0 radical (unpaired) electrons. The van der Waals surface area contributed by atoms with Crippen molar-refractivity contribution in [1.29, 1.82) is 0 Å². The third-order valence-corrected chi connectivity index (χ3v) is 6.88. The Hall–Kier alpha value is -3.12. The predicted molar refractivity (Wildman–Crippen MR) is 135 cm³/mol. The predicted octanol–water partition coefficient (Wildman–Crippen LogP) is 5.11. The second kappa shape index (κ2) is 10.2. The first-order valence-corrected chi connectivity index (χ1v) is 12.9. The van der Waals surface area contributed by atoms with Crippen molar-refractivity contribution in [2.45, 2.75) is 40.2 Å². The van der Waals surface area contributed by atoms with Gasteiger partial charge in [-0.3, -0.25) is 9.10 Å². The van der Waals surface area contributed by atoms with Crippen LogP contribution in [0.25, 0.3) is 0 Å². The van der Waals surface area contributed by atoms with Gasteiger partial charge >= 0.3 is 0 Å². The van der Waals surface area contributed by atoms with Gasteiger partial charge in [0.2, 0.25) is 10.0 Å². The molecule has 3 rings (SSSR count). The molecule has 33 heavy (non-hydrogen) atoms. The molecule has 0 heterocycles. The van der Waals surface area contributed by atoms with Crippen LogP contribution in [0, 0.1) is 20.8 Å². The minimum Gasteiger partial charge on any atom is -0.351 e. The topological polar surface area (TPSA) is 66.5 Å². The molecule has 1 unspecified atom stereocenters. The average molecular weight is 465 g/mol. The molecular weight excluding hydrogens is 432 g/mol. The van der Waals surface area contributed by atoms with E-state index in [0.717, 1.165) is 22.3 Å². The van der Waals surface area contributed by atoms with Crippen molar-refractivity contribution in [3.63, 3.8) is 0 Å². The number of aryl methyl sites for hydroxylation is 3. The fourth-order valence-electron chi connectivity index (χ4n) is 4.10. The molecule has 3 aromatic carbocycles. The SMILES string of the molecule is Cc1cc(C)c(N(Cc2ccc(C(=O)NCC(C)c3ccccc3)cc2)S(C)(=O)=O)c(C)c1. The third kappa shape index (κ3) is 6.23. The fourth-order valence-corrected chi connectivity index (χ4v) is 5.11. The number of carbonyl (C=O) groups is 1. The first-order chi connectivity index (χ1) is 15.6. The average Bonchev–Trinajstić information content (AvgIpc) is 2.76. The lowest BCUT2D eigenvalue weighted by Gasteiger charge is -2.26. The van der Waals surface area contributed by atoms with Gasteiger partial charge in [0.05, 0.1) is 18.5 Å². The zero-order valence-corrected chi connectivity index (χ0v) is 20.7. The molecule has 0 saturated heterocycles. The molecule has 0 fully saturated rings. The summed E-state index contributed by atoms with van der Waals surface area (Å²) < 4.78 is 26.7. The van der Waals surface area contributed by atoms with Gasteiger partial charge in [-0.2, -0.15) is 0 Å². The van der Waals surface area contributed by atoms with Crippen LogP contribution in [-0.2, 0) is 16.6 Å². The molecule has 1 N–H and O–H groups in total. The van der Waals surface area contributed by atoms with Crippen molar-refractivity contribution in [2.24, 2.45) is 0 Å². The maximum Gasteiger partial charge on any atom is 0.251 e. The van der Waals surface area contributed by atoms with E-state index in [1.165, 1.54) is 16.1 Å². The molecule has 1 amide bonds. The summed E-state index contributed by atoms with van der Waals surface area (Å²) in [4.78, 5) is 12.6. The summed E-state index contributed by atoms with van der Waals surface area (Å²) in [5.74, 6) is 0.0632. The first-order valence-electron chi connectivity index (χ1n) is 11.0. The Morgan fingerprint density at radius 1 is 0.939 bits per heavy atom. The highest BCUT2D eigenvalue weighted by molar-refractivity contribution is 7.92. The molecule has 0 aliphatic rings. The summed E-state index contributed by atoms with van der Waals surface area (Å²) >= 11 is 0. The van der Waals surface area contributed by atoms with Gasteiger partial charge < -0.3 is 5.32 Å². The van der Waals surface area contributed by atoms with Crippen LogP contribution in [-0.4, -0.2) is 27.1 Å². The van der Waals surface area contributed by atoms with Gasteiger partial charge in [0.25, 0.3) is 5.91 Å². The molecule has 0 aromatic heterocycles. The van der Waals surface area contributed by atoms with Gasteiger partial charge in [-0.05, 0) is 61.1 Å². The lowest BCUT2D eigenvalue weighted by molar-refractivity contribution is 0.0951. The van der Waals surface area contributed by atoms with E-state index in [9.17, 15) is 13.2 Å². The minimum absolute atomic E-state index is 0.144. The Labute approximate surface area is 197 Å². The summed E-state index contributed by atoms with van der Waals surface area (Å²) in [6, 6.07) is 21.2. The van der Waals surface area contributed by atoms with Gasteiger partial charge in [-0.1, -0.05) is 67.1 Å². The molecule has 0 spiro atoms. The Morgan fingerprint density at radius 2 is 1.52 bits per heavy atom. The molecule has 6 heteroatoms. The number of carbonyl (C=O) groups excluding carboxylic acids is 1. The van der Waals surface area contributed by atoms with Crippen LogP contribution in [0.2, 0.25) is 0 Å². The molecule has 5 nitrogen and oxygen atoms in total. The number of sulfonamides is 1. The summed E-state index contributed by atoms with van der Waals surface area (Å²) in [5.41, 5.74) is 6.18. The van der Waals surface area contributed by atoms with Crippen LogP contribution in [0.1, 0.15) is 51.0 Å². The highest BCUT2D eigenvalue weighted by Crippen LogP contribution is 2.29. The van der Waals surface area contributed by atoms with E-state index in [-0.39, 0.29) is 18.4 Å². The van der Waals surface area contributed by atoms with E-state index in [1.807, 2.05) is 63.2 Å². The molecule has 0 bridgehead atoms. The number of amides is 1. The highest BCUT2D eigenvalue weighted by atomic mass is 32.2.